The molecule has 0 amide bonds. The van der Waals surface area contributed by atoms with E-state index in [1.54, 1.807) is 0 Å². The van der Waals surface area contributed by atoms with Crippen LogP contribution in [0.1, 0.15) is 0 Å². The predicted molar refractivity (Wildman–Crippen MR) is 539 cm³/mol. The summed E-state index contributed by atoms with van der Waals surface area (Å²) in [5.74, 6) is 1.85. The fourth-order valence-corrected chi connectivity index (χ4v) is 20.0. The van der Waals surface area contributed by atoms with Crippen molar-refractivity contribution in [2.75, 3.05) is 0 Å². The maximum absolute atomic E-state index is 5.14. The molecule has 27 rings (SSSR count). The highest BCUT2D eigenvalue weighted by molar-refractivity contribution is 6.20. The van der Waals surface area contributed by atoms with Crippen molar-refractivity contribution in [1.29, 1.82) is 0 Å². The molecule has 0 atom stereocenters. The van der Waals surface area contributed by atoms with E-state index >= 15 is 0 Å². The van der Waals surface area contributed by atoms with Gasteiger partial charge in [0.25, 0.3) is 0 Å². The lowest BCUT2D eigenvalue weighted by atomic mass is 9.98. The van der Waals surface area contributed by atoms with Gasteiger partial charge in [-0.05, 0) is 178 Å². The van der Waals surface area contributed by atoms with Gasteiger partial charge in [-0.15, -0.1) is 0 Å². The molecule has 11 heteroatoms. The van der Waals surface area contributed by atoms with Crippen LogP contribution in [0.5, 0.6) is 0 Å². The van der Waals surface area contributed by atoms with Crippen LogP contribution < -0.4 is 0 Å². The molecule has 18 aromatic carbocycles. The van der Waals surface area contributed by atoms with Crippen LogP contribution in [0.3, 0.4) is 0 Å². The van der Waals surface area contributed by atoms with Gasteiger partial charge in [0.05, 0.1) is 55.2 Å². The van der Waals surface area contributed by atoms with E-state index in [4.69, 9.17) is 24.9 Å². The number of hydrogen-bond acceptors (Lipinski definition) is 5. The Labute approximate surface area is 747 Å². The molecule has 0 fully saturated rings. The standard InChI is InChI=1S/C45H29N5.C39H25N3.C35H23N3/c1-4-15-30(16-5-1)43-46-44(31-17-6-2-7-18-31)48-45(47-43)50-38-24-12-10-21-35(38)36-28-27-32(29-41(36)50)34-23-14-26-40-42(34)37-22-11-13-25-39(37)49(40)33-19-8-3-9-20-33;1-2-12-29(13-3-1)42-36-17-9-7-15-34(36)38-31(22-23-40-39(38)42)28-19-21-33-32-14-6-8-16-35(32)41(37(33)25-28)30-20-18-26-10-4-5-11-27(26)24-30;1-3-11-25(12-4-1)37-31-17-9-7-15-28(31)29-20-19-24(23-33(29)37)27-21-22-36-35-34(27)30-16-8-10-18-32(30)38(35)26-13-5-2-6-14-26/h1-29H;1-25H;1-23H. The van der Waals surface area contributed by atoms with Gasteiger partial charge in [-0.1, -0.05) is 322 Å². The van der Waals surface area contributed by atoms with E-state index in [2.05, 4.69) is 422 Å². The average Bonchev–Trinajstić information content (AvgIpc) is 1.58. The largest absolute Gasteiger partial charge is 0.309 e. The first-order chi connectivity index (χ1) is 64.5. The number of benzene rings is 18. The van der Waals surface area contributed by atoms with Crippen LogP contribution in [-0.2, 0) is 0 Å². The highest BCUT2D eigenvalue weighted by Gasteiger charge is 2.26. The van der Waals surface area contributed by atoms with Crippen molar-refractivity contribution in [3.63, 3.8) is 0 Å². The molecule has 11 nitrogen and oxygen atoms in total. The Balaban J connectivity index is 0.000000106. The number of pyridine rings is 2. The second kappa shape index (κ2) is 31.2. The number of rotatable bonds is 11. The van der Waals surface area contributed by atoms with Gasteiger partial charge >= 0.3 is 0 Å². The Kier molecular flexibility index (Phi) is 18.0. The van der Waals surface area contributed by atoms with Gasteiger partial charge in [-0.2, -0.15) is 9.97 Å². The zero-order chi connectivity index (χ0) is 85.7. The van der Waals surface area contributed by atoms with Crippen molar-refractivity contribution in [3.05, 3.63) is 467 Å². The van der Waals surface area contributed by atoms with Gasteiger partial charge in [-0.25, -0.2) is 15.0 Å². The Morgan fingerprint density at radius 1 is 0.162 bits per heavy atom. The van der Waals surface area contributed by atoms with Crippen molar-refractivity contribution in [2.24, 2.45) is 0 Å². The van der Waals surface area contributed by atoms with E-state index in [9.17, 15) is 0 Å². The van der Waals surface area contributed by atoms with Crippen molar-refractivity contribution in [3.8, 4) is 90.5 Å². The quantitative estimate of drug-likeness (QED) is 0.129. The normalized spacial score (nSPS) is 11.7. The first kappa shape index (κ1) is 74.9. The maximum atomic E-state index is 5.14. The molecule has 9 aromatic heterocycles. The van der Waals surface area contributed by atoms with Crippen LogP contribution in [-0.4, -0.2) is 52.3 Å². The molecular formula is C119H77N11. The van der Waals surface area contributed by atoms with Crippen molar-refractivity contribution in [2.45, 2.75) is 0 Å². The molecule has 0 aliphatic heterocycles. The number of fused-ring (bicyclic) bond motifs is 19. The molecule has 0 N–H and O–H groups in total. The highest BCUT2D eigenvalue weighted by atomic mass is 15.2. The SMILES string of the molecule is c1ccc(-c2nc(-c3ccccc3)nc(-n3c4ccccc4c4ccc(-c5cccc6c5c5ccccc5n6-c5ccccc5)cc43)n2)cc1.c1ccc(-n2c3ccccc3c3c(-c4ccc5c6ccccc6n(-c6ccc7ccccc7c6)c5c4)ccnc32)cc1.c1ccc(-n2c3ccccc3c3ccc(-c4ccnc5c4c4ccccc4n5-c4ccccc4)cc32)cc1. The summed E-state index contributed by atoms with van der Waals surface area (Å²) in [6, 6.07) is 161. The molecule has 0 saturated carbocycles. The van der Waals surface area contributed by atoms with Crippen LogP contribution in [0, 0.1) is 0 Å². The first-order valence-corrected chi connectivity index (χ1v) is 44.0. The first-order valence-electron chi connectivity index (χ1n) is 44.0. The van der Waals surface area contributed by atoms with Gasteiger partial charge in [0, 0.05) is 117 Å². The third-order valence-corrected chi connectivity index (χ3v) is 25.7. The second-order valence-corrected chi connectivity index (χ2v) is 33.0. The minimum absolute atomic E-state index is 0.583. The molecule has 9 heterocycles. The van der Waals surface area contributed by atoms with Gasteiger partial charge in [0.1, 0.15) is 11.3 Å². The highest BCUT2D eigenvalue weighted by Crippen LogP contribution is 2.46. The smallest absolute Gasteiger partial charge is 0.238 e. The Morgan fingerprint density at radius 3 is 0.908 bits per heavy atom. The van der Waals surface area contributed by atoms with Crippen LogP contribution >= 0.6 is 0 Å². The number of nitrogens with zero attached hydrogens (tertiary/aromatic N) is 11. The van der Waals surface area contributed by atoms with E-state index in [1.807, 2.05) is 73.1 Å². The Hall–Kier alpha value is -17.7. The Morgan fingerprint density at radius 2 is 0.469 bits per heavy atom. The van der Waals surface area contributed by atoms with Crippen LogP contribution in [0.15, 0.2) is 467 Å². The molecule has 0 aliphatic carbocycles. The second-order valence-electron chi connectivity index (χ2n) is 33.0. The molecule has 0 radical (unpaired) electrons. The molecular weight excluding hydrogens is 1580 g/mol. The Bertz CT molecular complexity index is 9040. The number of para-hydroxylation sites is 10. The van der Waals surface area contributed by atoms with Crippen molar-refractivity contribution >= 4 is 142 Å². The van der Waals surface area contributed by atoms with E-state index in [0.29, 0.717) is 17.6 Å². The topological polar surface area (TPSA) is 94.0 Å². The van der Waals surface area contributed by atoms with Gasteiger partial charge in [-0.3, -0.25) is 13.7 Å². The summed E-state index contributed by atoms with van der Waals surface area (Å²) in [6.07, 6.45) is 3.88. The summed E-state index contributed by atoms with van der Waals surface area (Å²) in [6.45, 7) is 0. The molecule has 0 saturated heterocycles. The molecule has 27 aromatic rings. The zero-order valence-corrected chi connectivity index (χ0v) is 70.4. The third-order valence-electron chi connectivity index (χ3n) is 25.7. The molecule has 0 aliphatic rings. The maximum Gasteiger partial charge on any atom is 0.238 e. The molecule has 0 spiro atoms. The van der Waals surface area contributed by atoms with Crippen LogP contribution in [0.4, 0.5) is 0 Å². The lowest BCUT2D eigenvalue weighted by Crippen LogP contribution is -2.06. The van der Waals surface area contributed by atoms with Crippen LogP contribution in [0.25, 0.3) is 232 Å². The van der Waals surface area contributed by atoms with Crippen molar-refractivity contribution in [1.82, 2.24) is 52.3 Å². The minimum Gasteiger partial charge on any atom is -0.309 e. The summed E-state index contributed by atoms with van der Waals surface area (Å²) < 4.78 is 13.9. The van der Waals surface area contributed by atoms with Gasteiger partial charge in [0.2, 0.25) is 5.95 Å². The summed E-state index contributed by atoms with van der Waals surface area (Å²) in [5.41, 5.74) is 28.1. The molecule has 608 valence electrons. The van der Waals surface area contributed by atoms with E-state index in [1.165, 1.54) is 126 Å². The van der Waals surface area contributed by atoms with E-state index < -0.39 is 0 Å². The summed E-state index contributed by atoms with van der Waals surface area (Å²) in [7, 11) is 0. The fraction of sp³-hybridized carbons (Fsp3) is 0. The van der Waals surface area contributed by atoms with Crippen LogP contribution in [0.2, 0.25) is 0 Å². The number of hydrogen-bond donors (Lipinski definition) is 0. The summed E-state index contributed by atoms with van der Waals surface area (Å²) >= 11 is 0. The molecule has 130 heavy (non-hydrogen) atoms. The average molecular weight is 1660 g/mol. The van der Waals surface area contributed by atoms with Crippen molar-refractivity contribution < 1.29 is 0 Å². The van der Waals surface area contributed by atoms with E-state index in [0.717, 1.165) is 89.3 Å². The molecule has 0 unspecified atom stereocenters. The fourth-order valence-electron chi connectivity index (χ4n) is 20.0. The predicted octanol–water partition coefficient (Wildman–Crippen LogP) is 30.1. The van der Waals surface area contributed by atoms with Gasteiger partial charge in [0.15, 0.2) is 11.6 Å². The number of aromatic nitrogens is 11. The third kappa shape index (κ3) is 12.5. The summed E-state index contributed by atoms with van der Waals surface area (Å²) in [4.78, 5) is 25.1. The minimum atomic E-state index is 0.583. The zero-order valence-electron chi connectivity index (χ0n) is 70.4. The van der Waals surface area contributed by atoms with Gasteiger partial charge < -0.3 is 13.7 Å². The lowest BCUT2D eigenvalue weighted by molar-refractivity contribution is 0.953. The van der Waals surface area contributed by atoms with E-state index in [-0.39, 0.29) is 0 Å². The monoisotopic (exact) mass is 1660 g/mol. The molecule has 0 bridgehead atoms. The lowest BCUT2D eigenvalue weighted by Gasteiger charge is -2.12. The summed E-state index contributed by atoms with van der Waals surface area (Å²) in [5, 5.41) is 17.0.